The zero-order valence-electron chi connectivity index (χ0n) is 16.6. The summed E-state index contributed by atoms with van der Waals surface area (Å²) in [6.45, 7) is 0. The van der Waals surface area contributed by atoms with Crippen LogP contribution in [0, 0.1) is 0 Å². The number of hydrogen-bond acceptors (Lipinski definition) is 12. The van der Waals surface area contributed by atoms with Crippen LogP contribution in [0.3, 0.4) is 0 Å². The molecule has 24 nitrogen and oxygen atoms in total. The molecular formula is C12H6N12O12. The molecule has 36 heavy (non-hydrogen) atoms. The first-order valence-corrected chi connectivity index (χ1v) is 8.73. The lowest BCUT2D eigenvalue weighted by molar-refractivity contribution is 0.355. The van der Waals surface area contributed by atoms with Gasteiger partial charge in [0, 0.05) is 0 Å². The molecule has 6 N–H and O–H groups in total. The van der Waals surface area contributed by atoms with E-state index in [1.54, 1.807) is 0 Å². The Bertz CT molecular complexity index is 1920. The van der Waals surface area contributed by atoms with E-state index >= 15 is 0 Å². The van der Waals surface area contributed by atoms with Gasteiger partial charge in [-0.25, -0.2) is 57.5 Å². The summed E-state index contributed by atoms with van der Waals surface area (Å²) >= 11 is 0. The Morgan fingerprint density at radius 2 is 0.444 bits per heavy atom. The molecule has 24 heteroatoms. The highest BCUT2D eigenvalue weighted by Crippen LogP contribution is 1.72. The molecule has 0 bridgehead atoms. The molecular weight excluding hydrogens is 504 g/mol. The van der Waals surface area contributed by atoms with Crippen LogP contribution in [0.25, 0.3) is 0 Å². The number of H-pyrrole nitrogens is 6. The molecule has 0 fully saturated rings. The maximum atomic E-state index is 13.1. The first-order chi connectivity index (χ1) is 16.8. The van der Waals surface area contributed by atoms with Crippen molar-refractivity contribution in [3.63, 3.8) is 0 Å². The van der Waals surface area contributed by atoms with Crippen molar-refractivity contribution in [2.75, 3.05) is 0 Å². The van der Waals surface area contributed by atoms with Crippen LogP contribution >= 0.6 is 0 Å². The summed E-state index contributed by atoms with van der Waals surface area (Å²) in [4.78, 5) is 155. The van der Waals surface area contributed by atoms with Crippen molar-refractivity contribution in [2.45, 2.75) is 0 Å². The van der Waals surface area contributed by atoms with E-state index in [2.05, 4.69) is 0 Å². The molecule has 186 valence electrons. The van der Waals surface area contributed by atoms with Gasteiger partial charge in [-0.15, -0.1) is 28.1 Å². The quantitative estimate of drug-likeness (QED) is 0.150. The Kier molecular flexibility index (Phi) is 4.82. The van der Waals surface area contributed by atoms with Gasteiger partial charge in [-0.05, 0) is 0 Å². The lowest BCUT2D eigenvalue weighted by atomic mass is 10.8. The van der Waals surface area contributed by atoms with Crippen molar-refractivity contribution >= 4 is 0 Å². The SMILES string of the molecule is O=c1[nH]c(=O)n(-n2c(=O)n(-n3c(=O)[nH]c(=O)[nH]c3=O)c(=O)n(-n3c(=O)[nH]c(=O)[nH]c3=O)c2=O)c(=O)[nH]1. The first kappa shape index (κ1) is 22.8. The summed E-state index contributed by atoms with van der Waals surface area (Å²) < 4.78 is -3.00. The Balaban J connectivity index is 2.42. The van der Waals surface area contributed by atoms with E-state index in [9.17, 15) is 57.5 Å². The second-order valence-electron chi connectivity index (χ2n) is 6.29. The number of nitrogens with one attached hydrogen (secondary N) is 6. The van der Waals surface area contributed by atoms with E-state index in [1.807, 2.05) is 0 Å². The third-order valence-corrected chi connectivity index (χ3v) is 4.16. The summed E-state index contributed by atoms with van der Waals surface area (Å²) in [7, 11) is 0. The van der Waals surface area contributed by atoms with Gasteiger partial charge in [-0.1, -0.05) is 0 Å². The van der Waals surface area contributed by atoms with Crippen molar-refractivity contribution in [1.82, 2.24) is 58.0 Å². The van der Waals surface area contributed by atoms with Gasteiger partial charge in [0.2, 0.25) is 0 Å². The number of aromatic amines is 6. The molecule has 0 saturated carbocycles. The average molecular weight is 510 g/mol. The van der Waals surface area contributed by atoms with Gasteiger partial charge in [0.1, 0.15) is 0 Å². The van der Waals surface area contributed by atoms with Gasteiger partial charge < -0.3 is 0 Å². The molecule has 0 saturated heterocycles. The van der Waals surface area contributed by atoms with Gasteiger partial charge in [-0.2, -0.15) is 0 Å². The predicted molar refractivity (Wildman–Crippen MR) is 107 cm³/mol. The van der Waals surface area contributed by atoms with Crippen LogP contribution in [0.1, 0.15) is 0 Å². The van der Waals surface area contributed by atoms with E-state index in [-0.39, 0.29) is 0 Å². The third kappa shape index (κ3) is 3.25. The lowest BCUT2D eigenvalue weighted by Crippen LogP contribution is -2.68. The highest BCUT2D eigenvalue weighted by Gasteiger charge is 2.25. The van der Waals surface area contributed by atoms with Crippen LogP contribution in [-0.2, 0) is 0 Å². The summed E-state index contributed by atoms with van der Waals surface area (Å²) in [5.41, 5.74) is -21.3. The minimum absolute atomic E-state index is 0.436. The molecule has 0 atom stereocenters. The molecule has 4 heterocycles. The maximum absolute atomic E-state index is 13.1. The van der Waals surface area contributed by atoms with Crippen molar-refractivity contribution in [2.24, 2.45) is 0 Å². The normalized spacial score (nSPS) is 11.0. The fraction of sp³-hybridized carbons (Fsp3) is 0. The van der Waals surface area contributed by atoms with Crippen LogP contribution in [0.2, 0.25) is 0 Å². The Labute approximate surface area is 184 Å². The second-order valence-corrected chi connectivity index (χ2v) is 6.29. The largest absolute Gasteiger partial charge is 0.376 e. The number of aromatic nitrogens is 12. The van der Waals surface area contributed by atoms with Crippen molar-refractivity contribution in [1.29, 1.82) is 0 Å². The van der Waals surface area contributed by atoms with Crippen LogP contribution < -0.4 is 68.3 Å². The van der Waals surface area contributed by atoms with E-state index in [4.69, 9.17) is 0 Å². The fourth-order valence-corrected chi connectivity index (χ4v) is 2.84. The van der Waals surface area contributed by atoms with Gasteiger partial charge >= 0.3 is 68.3 Å². The Morgan fingerprint density at radius 1 is 0.278 bits per heavy atom. The van der Waals surface area contributed by atoms with Gasteiger partial charge in [0.15, 0.2) is 0 Å². The number of rotatable bonds is 3. The molecule has 0 aliphatic heterocycles. The molecule has 0 amide bonds. The van der Waals surface area contributed by atoms with E-state index in [1.165, 1.54) is 29.9 Å². The van der Waals surface area contributed by atoms with Crippen molar-refractivity contribution < 1.29 is 0 Å². The Hall–Kier alpha value is -6.36. The van der Waals surface area contributed by atoms with Crippen molar-refractivity contribution in [3.05, 3.63) is 126 Å². The highest BCUT2D eigenvalue weighted by atomic mass is 16.2. The van der Waals surface area contributed by atoms with Gasteiger partial charge in [-0.3, -0.25) is 29.9 Å². The van der Waals surface area contributed by atoms with Gasteiger partial charge in [0.05, 0.1) is 0 Å². The van der Waals surface area contributed by atoms with Crippen molar-refractivity contribution in [3.8, 4) is 0 Å². The minimum Gasteiger partial charge on any atom is -0.257 e. The standard InChI is InChI=1S/C12H6N12O12/c25-1-13-4(28)19(5(29)14-1)22-10(34)23(20-6(30)15-2(26)16-7(20)31)12(36)24(11(22)35)21-8(32)17-3(27)18-9(21)33/h(H2,13,14,25,28,29)(H2,15,16,26,30,31)(H2,17,18,27,32,33). The summed E-state index contributed by atoms with van der Waals surface area (Å²) in [6.07, 6.45) is 0. The molecule has 0 radical (unpaired) electrons. The second kappa shape index (κ2) is 7.60. The maximum Gasteiger partial charge on any atom is 0.376 e. The minimum atomic E-state index is -2.13. The van der Waals surface area contributed by atoms with E-state index < -0.39 is 96.3 Å². The zero-order valence-corrected chi connectivity index (χ0v) is 16.6. The average Bonchev–Trinajstić information content (AvgIpc) is 2.73. The van der Waals surface area contributed by atoms with Crippen LogP contribution in [0.5, 0.6) is 0 Å². The molecule has 0 spiro atoms. The Morgan fingerprint density at radius 3 is 0.611 bits per heavy atom. The molecule has 4 rings (SSSR count). The zero-order chi connectivity index (χ0) is 26.6. The molecule has 0 aromatic carbocycles. The third-order valence-electron chi connectivity index (χ3n) is 4.16. The number of hydrogen-bond donors (Lipinski definition) is 6. The predicted octanol–water partition coefficient (Wildman–Crippen LogP) is -10.3. The highest BCUT2D eigenvalue weighted by molar-refractivity contribution is 4.86. The van der Waals surface area contributed by atoms with E-state index in [0.29, 0.717) is 0 Å². The molecule has 0 unspecified atom stereocenters. The molecule has 0 aliphatic carbocycles. The molecule has 4 aromatic heterocycles. The summed E-state index contributed by atoms with van der Waals surface area (Å²) in [5.74, 6) is 0. The van der Waals surface area contributed by atoms with Gasteiger partial charge in [0.25, 0.3) is 0 Å². The van der Waals surface area contributed by atoms with Crippen LogP contribution in [-0.4, -0.2) is 58.0 Å². The molecule has 0 aliphatic rings. The lowest BCUT2D eigenvalue weighted by Gasteiger charge is -2.14. The topological polar surface area (TPSA) is 329 Å². The number of nitrogens with zero attached hydrogens (tertiary/aromatic N) is 6. The van der Waals surface area contributed by atoms with E-state index in [0.717, 1.165) is 0 Å². The summed E-state index contributed by atoms with van der Waals surface area (Å²) in [6, 6.07) is 0. The van der Waals surface area contributed by atoms with Crippen LogP contribution in [0.4, 0.5) is 0 Å². The monoisotopic (exact) mass is 510 g/mol. The smallest absolute Gasteiger partial charge is 0.257 e. The summed E-state index contributed by atoms with van der Waals surface area (Å²) in [5, 5.41) is 0. The molecule has 4 aromatic rings. The van der Waals surface area contributed by atoms with Crippen LogP contribution in [0.15, 0.2) is 57.5 Å². The fourth-order valence-electron chi connectivity index (χ4n) is 2.84. The first-order valence-electron chi connectivity index (χ1n) is 8.73.